The lowest BCUT2D eigenvalue weighted by Crippen LogP contribution is -2.74. The molecule has 0 bridgehead atoms. The molecule has 1 aliphatic rings. The molecule has 1 fully saturated rings. The molecule has 6 N–H and O–H groups in total. The van der Waals surface area contributed by atoms with Gasteiger partial charge in [0.2, 0.25) is 5.91 Å². The third-order valence-electron chi connectivity index (χ3n) is 7.84. The van der Waals surface area contributed by atoms with Gasteiger partial charge in [0.25, 0.3) is 11.6 Å². The molecule has 3 atom stereocenters. The predicted molar refractivity (Wildman–Crippen MR) is 165 cm³/mol. The molecule has 14 heteroatoms. The number of para-hydroxylation sites is 1. The average molecular weight is 629 g/mol. The standard InChI is InChI=1S/C32H32N6O8/c1-20(39)32(29(44)45,37(24-11-7-4-8-12-24)27(42)25(33)17-26(40)41)38-28(43)31(2,23-15-13-21(14-16-23)18-35-34)36(30(38)46)19-22-9-5-3-6-10-22/h3-16,18,25H,17,19,33-34H2,1-2H3,(H,40,41)(H,44,45)/t25-,31-,32+/m0/s1. The van der Waals surface area contributed by atoms with Gasteiger partial charge in [-0.2, -0.15) is 5.10 Å². The number of nitrogens with two attached hydrogens (primary N) is 2. The number of ketones is 1. The van der Waals surface area contributed by atoms with E-state index in [0.717, 1.165) is 11.8 Å². The highest BCUT2D eigenvalue weighted by molar-refractivity contribution is 6.24. The summed E-state index contributed by atoms with van der Waals surface area (Å²) in [6, 6.07) is 18.7. The molecule has 3 aromatic carbocycles. The first-order chi connectivity index (χ1) is 21.8. The molecule has 0 aliphatic carbocycles. The van der Waals surface area contributed by atoms with Gasteiger partial charge in [0.1, 0.15) is 5.54 Å². The molecule has 0 saturated carbocycles. The molecule has 238 valence electrons. The Balaban J connectivity index is 2.02. The van der Waals surface area contributed by atoms with E-state index in [1.54, 1.807) is 48.5 Å². The van der Waals surface area contributed by atoms with Crippen LogP contribution < -0.4 is 16.5 Å². The third-order valence-corrected chi connectivity index (χ3v) is 7.84. The molecular formula is C32H32N6O8. The molecule has 1 heterocycles. The molecule has 0 aromatic heterocycles. The second kappa shape index (κ2) is 13.0. The van der Waals surface area contributed by atoms with Crippen LogP contribution in [0.1, 0.15) is 37.0 Å². The fraction of sp³-hybridized carbons (Fsp3) is 0.219. The second-order valence-corrected chi connectivity index (χ2v) is 10.7. The number of urea groups is 1. The predicted octanol–water partition coefficient (Wildman–Crippen LogP) is 1.86. The average Bonchev–Trinajstić information content (AvgIpc) is 3.21. The van der Waals surface area contributed by atoms with E-state index in [4.69, 9.17) is 11.6 Å². The number of hydrogen-bond donors (Lipinski definition) is 4. The van der Waals surface area contributed by atoms with Crippen molar-refractivity contribution in [2.24, 2.45) is 16.7 Å². The van der Waals surface area contributed by atoms with Crippen LogP contribution in [0.15, 0.2) is 90.0 Å². The number of anilines is 1. The van der Waals surface area contributed by atoms with Crippen molar-refractivity contribution in [2.75, 3.05) is 4.90 Å². The maximum absolute atomic E-state index is 14.7. The number of nitrogens with zero attached hydrogens (tertiary/aromatic N) is 4. The lowest BCUT2D eigenvalue weighted by atomic mass is 9.88. The molecule has 14 nitrogen and oxygen atoms in total. The summed E-state index contributed by atoms with van der Waals surface area (Å²) >= 11 is 0. The van der Waals surface area contributed by atoms with E-state index in [2.05, 4.69) is 5.10 Å². The number of imide groups is 1. The molecular weight excluding hydrogens is 596 g/mol. The van der Waals surface area contributed by atoms with E-state index >= 15 is 0 Å². The van der Waals surface area contributed by atoms with E-state index in [1.807, 2.05) is 0 Å². The zero-order valence-electron chi connectivity index (χ0n) is 24.9. The number of Topliss-reactive ketones (excluding diaryl/α,β-unsaturated/α-hetero) is 1. The second-order valence-electron chi connectivity index (χ2n) is 10.7. The highest BCUT2D eigenvalue weighted by Crippen LogP contribution is 2.44. The van der Waals surface area contributed by atoms with Crippen molar-refractivity contribution < 1.29 is 39.0 Å². The van der Waals surface area contributed by atoms with Crippen LogP contribution in [0.2, 0.25) is 0 Å². The summed E-state index contributed by atoms with van der Waals surface area (Å²) in [5.74, 6) is -2.00. The number of aliphatic carboxylic acids is 2. The molecule has 0 radical (unpaired) electrons. The fourth-order valence-electron chi connectivity index (χ4n) is 5.52. The maximum atomic E-state index is 14.7. The lowest BCUT2D eigenvalue weighted by Gasteiger charge is -2.43. The van der Waals surface area contributed by atoms with Gasteiger partial charge in [-0.05, 0) is 42.7 Å². The van der Waals surface area contributed by atoms with Gasteiger partial charge < -0.3 is 26.7 Å². The summed E-state index contributed by atoms with van der Waals surface area (Å²) in [4.78, 5) is 83.8. The Hall–Kier alpha value is -5.89. The molecule has 0 spiro atoms. The molecule has 4 rings (SSSR count). The van der Waals surface area contributed by atoms with Crippen LogP contribution >= 0.6 is 0 Å². The fourth-order valence-corrected chi connectivity index (χ4v) is 5.52. The number of hydrogen-bond acceptors (Lipinski definition) is 9. The number of hydrazone groups is 1. The summed E-state index contributed by atoms with van der Waals surface area (Å²) < 4.78 is 0. The quantitative estimate of drug-likeness (QED) is 0.0750. The first kappa shape index (κ1) is 33.0. The SMILES string of the molecule is CC(=O)[C@](C(=O)O)(N1C(=O)N(Cc2ccccc2)[C@@](C)(c2ccc(C=NN)cc2)C1=O)N(C(=O)[C@@H](N)CC(=O)O)c1ccccc1. The molecule has 1 aliphatic heterocycles. The van der Waals surface area contributed by atoms with Crippen LogP contribution in [0.25, 0.3) is 0 Å². The van der Waals surface area contributed by atoms with E-state index in [9.17, 15) is 39.0 Å². The Morgan fingerprint density at radius 2 is 1.52 bits per heavy atom. The summed E-state index contributed by atoms with van der Waals surface area (Å²) in [5.41, 5.74) is 1.88. The van der Waals surface area contributed by atoms with Gasteiger partial charge >= 0.3 is 18.0 Å². The Morgan fingerprint density at radius 3 is 2.02 bits per heavy atom. The van der Waals surface area contributed by atoms with Crippen molar-refractivity contribution in [1.29, 1.82) is 0 Å². The number of amides is 4. The van der Waals surface area contributed by atoms with Crippen LogP contribution in [0.5, 0.6) is 0 Å². The van der Waals surface area contributed by atoms with Crippen molar-refractivity contribution in [3.63, 3.8) is 0 Å². The van der Waals surface area contributed by atoms with Crippen LogP contribution in [0, 0.1) is 0 Å². The lowest BCUT2D eigenvalue weighted by molar-refractivity contribution is -0.162. The highest BCUT2D eigenvalue weighted by Gasteiger charge is 2.69. The minimum absolute atomic E-state index is 0.199. The van der Waals surface area contributed by atoms with Crippen molar-refractivity contribution >= 4 is 47.5 Å². The minimum atomic E-state index is -3.32. The summed E-state index contributed by atoms with van der Waals surface area (Å²) in [7, 11) is 0. The van der Waals surface area contributed by atoms with Gasteiger partial charge in [-0.1, -0.05) is 72.8 Å². The normalized spacial score (nSPS) is 18.3. The Bertz CT molecular complexity index is 1680. The van der Waals surface area contributed by atoms with Gasteiger partial charge in [0, 0.05) is 12.2 Å². The maximum Gasteiger partial charge on any atom is 0.360 e. The van der Waals surface area contributed by atoms with Gasteiger partial charge in [0.05, 0.1) is 18.7 Å². The topological polar surface area (TPSA) is 217 Å². The summed E-state index contributed by atoms with van der Waals surface area (Å²) in [5, 5.41) is 23.7. The zero-order valence-corrected chi connectivity index (χ0v) is 24.9. The van der Waals surface area contributed by atoms with E-state index in [-0.39, 0.29) is 22.7 Å². The minimum Gasteiger partial charge on any atom is -0.481 e. The van der Waals surface area contributed by atoms with Crippen molar-refractivity contribution in [1.82, 2.24) is 9.80 Å². The summed E-state index contributed by atoms with van der Waals surface area (Å²) in [6.45, 7) is 2.02. The van der Waals surface area contributed by atoms with Gasteiger partial charge in [-0.3, -0.25) is 24.1 Å². The third kappa shape index (κ3) is 5.57. The van der Waals surface area contributed by atoms with Crippen molar-refractivity contribution in [2.45, 2.75) is 44.1 Å². The van der Waals surface area contributed by atoms with Gasteiger partial charge in [-0.25, -0.2) is 14.5 Å². The van der Waals surface area contributed by atoms with Crippen LogP contribution in [-0.4, -0.2) is 73.5 Å². The van der Waals surface area contributed by atoms with Crippen LogP contribution in [-0.2, 0) is 36.1 Å². The Morgan fingerprint density at radius 1 is 0.957 bits per heavy atom. The molecule has 46 heavy (non-hydrogen) atoms. The number of carbonyl (C=O) groups excluding carboxylic acids is 4. The molecule has 1 saturated heterocycles. The number of benzene rings is 3. The van der Waals surface area contributed by atoms with Crippen LogP contribution in [0.3, 0.4) is 0 Å². The van der Waals surface area contributed by atoms with E-state index in [1.165, 1.54) is 49.5 Å². The van der Waals surface area contributed by atoms with Crippen molar-refractivity contribution in [3.8, 4) is 0 Å². The first-order valence-electron chi connectivity index (χ1n) is 14.0. The highest BCUT2D eigenvalue weighted by atomic mass is 16.4. The molecule has 0 unspecified atom stereocenters. The molecule has 4 amide bonds. The number of carboxylic acids is 2. The van der Waals surface area contributed by atoms with E-state index < -0.39 is 59.2 Å². The largest absolute Gasteiger partial charge is 0.481 e. The molecule has 3 aromatic rings. The number of carboxylic acid groups (broad SMARTS) is 2. The smallest absolute Gasteiger partial charge is 0.360 e. The van der Waals surface area contributed by atoms with Crippen molar-refractivity contribution in [3.05, 3.63) is 102 Å². The summed E-state index contributed by atoms with van der Waals surface area (Å²) in [6.07, 6.45) is 0.421. The van der Waals surface area contributed by atoms with Gasteiger partial charge in [-0.15, -0.1) is 0 Å². The van der Waals surface area contributed by atoms with Gasteiger partial charge in [0.15, 0.2) is 5.78 Å². The Labute approximate surface area is 263 Å². The number of rotatable bonds is 12. The Kier molecular flexibility index (Phi) is 9.33. The zero-order chi connectivity index (χ0) is 33.8. The monoisotopic (exact) mass is 628 g/mol. The van der Waals surface area contributed by atoms with E-state index in [0.29, 0.717) is 16.0 Å². The first-order valence-corrected chi connectivity index (χ1v) is 14.0. The van der Waals surface area contributed by atoms with Crippen LogP contribution in [0.4, 0.5) is 10.5 Å². The number of carbonyl (C=O) groups is 6.